The van der Waals surface area contributed by atoms with E-state index in [1.54, 1.807) is 13.2 Å². The van der Waals surface area contributed by atoms with Crippen molar-refractivity contribution in [1.82, 2.24) is 5.01 Å². The Labute approximate surface area is 177 Å². The Bertz CT molecular complexity index is 1100. The van der Waals surface area contributed by atoms with E-state index >= 15 is 0 Å². The lowest BCUT2D eigenvalue weighted by Crippen LogP contribution is -2.33. The number of fused-ring (bicyclic) bond motifs is 3. The number of methoxy groups -OCH3 is 1. The number of hydrazone groups is 1. The average Bonchev–Trinajstić information content (AvgIpc) is 3.21. The predicted octanol–water partition coefficient (Wildman–Crippen LogP) is 5.41. The van der Waals surface area contributed by atoms with Crippen LogP contribution < -0.4 is 9.47 Å². The molecule has 5 nitrogen and oxygen atoms in total. The highest BCUT2D eigenvalue weighted by molar-refractivity contribution is 9.10. The van der Waals surface area contributed by atoms with Crippen LogP contribution in [0.5, 0.6) is 17.2 Å². The van der Waals surface area contributed by atoms with Gasteiger partial charge in [-0.1, -0.05) is 34.1 Å². The second-order valence-corrected chi connectivity index (χ2v) is 8.00. The van der Waals surface area contributed by atoms with E-state index in [0.717, 1.165) is 39.2 Å². The van der Waals surface area contributed by atoms with E-state index in [1.165, 1.54) is 0 Å². The van der Waals surface area contributed by atoms with E-state index in [9.17, 15) is 5.11 Å². The quantitative estimate of drug-likeness (QED) is 0.579. The van der Waals surface area contributed by atoms with Crippen molar-refractivity contribution >= 4 is 21.6 Å². The third-order valence-electron chi connectivity index (χ3n) is 5.38. The molecule has 0 aromatic heterocycles. The Morgan fingerprint density at radius 3 is 2.66 bits per heavy atom. The summed E-state index contributed by atoms with van der Waals surface area (Å²) in [6.07, 6.45) is 0.251. The van der Waals surface area contributed by atoms with Gasteiger partial charge in [0.1, 0.15) is 17.2 Å². The Hall–Kier alpha value is -2.99. The Morgan fingerprint density at radius 2 is 1.86 bits per heavy atom. The van der Waals surface area contributed by atoms with E-state index in [4.69, 9.17) is 14.6 Å². The molecule has 1 N–H and O–H groups in total. The summed E-state index contributed by atoms with van der Waals surface area (Å²) < 4.78 is 12.5. The molecule has 5 rings (SSSR count). The lowest BCUT2D eigenvalue weighted by Gasteiger charge is -2.38. The van der Waals surface area contributed by atoms with Crippen molar-refractivity contribution < 1.29 is 14.6 Å². The van der Waals surface area contributed by atoms with Gasteiger partial charge in [0, 0.05) is 16.5 Å². The first kappa shape index (κ1) is 18.1. The number of phenolic OH excluding ortho intramolecular Hbond substituents is 1. The first-order valence-electron chi connectivity index (χ1n) is 9.38. The van der Waals surface area contributed by atoms with Crippen molar-refractivity contribution in [2.45, 2.75) is 18.7 Å². The first-order chi connectivity index (χ1) is 14.1. The molecule has 2 atom stereocenters. The van der Waals surface area contributed by atoms with Crippen LogP contribution in [0.4, 0.5) is 0 Å². The average molecular weight is 451 g/mol. The minimum absolute atomic E-state index is 0.0421. The molecule has 0 amide bonds. The molecule has 0 saturated carbocycles. The summed E-state index contributed by atoms with van der Waals surface area (Å²) in [5.41, 5.74) is 3.82. The molecule has 3 aromatic carbocycles. The van der Waals surface area contributed by atoms with Gasteiger partial charge < -0.3 is 14.6 Å². The number of rotatable bonds is 3. The van der Waals surface area contributed by atoms with Crippen LogP contribution >= 0.6 is 15.9 Å². The highest BCUT2D eigenvalue weighted by Gasteiger charge is 2.41. The molecule has 0 radical (unpaired) electrons. The fraction of sp³-hybridized carbons (Fsp3) is 0.174. The van der Waals surface area contributed by atoms with Crippen molar-refractivity contribution in [3.05, 3.63) is 87.9 Å². The van der Waals surface area contributed by atoms with Crippen LogP contribution in [0.2, 0.25) is 0 Å². The molecule has 6 heteroatoms. The van der Waals surface area contributed by atoms with Crippen LogP contribution in [0.3, 0.4) is 0 Å². The van der Waals surface area contributed by atoms with Crippen molar-refractivity contribution in [3.63, 3.8) is 0 Å². The zero-order valence-corrected chi connectivity index (χ0v) is 17.3. The molecule has 0 aliphatic carbocycles. The smallest absolute Gasteiger partial charge is 0.217 e. The predicted molar refractivity (Wildman–Crippen MR) is 114 cm³/mol. The molecular formula is C23H19BrN2O3. The van der Waals surface area contributed by atoms with Gasteiger partial charge in [-0.15, -0.1) is 0 Å². The Kier molecular flexibility index (Phi) is 4.43. The third kappa shape index (κ3) is 3.13. The molecule has 0 bridgehead atoms. The lowest BCUT2D eigenvalue weighted by molar-refractivity contribution is -0.0203. The van der Waals surface area contributed by atoms with Gasteiger partial charge >= 0.3 is 0 Å². The second-order valence-electron chi connectivity index (χ2n) is 7.09. The molecular weight excluding hydrogens is 432 g/mol. The summed E-state index contributed by atoms with van der Waals surface area (Å²) in [5.74, 6) is 1.82. The van der Waals surface area contributed by atoms with Crippen LogP contribution in [0.15, 0.2) is 76.3 Å². The number of para-hydroxylation sites is 1. The summed E-state index contributed by atoms with van der Waals surface area (Å²) >= 11 is 3.50. The highest BCUT2D eigenvalue weighted by atomic mass is 79.9. The molecule has 146 valence electrons. The van der Waals surface area contributed by atoms with Crippen molar-refractivity contribution in [2.24, 2.45) is 5.10 Å². The van der Waals surface area contributed by atoms with Gasteiger partial charge in [0.2, 0.25) is 6.23 Å². The summed E-state index contributed by atoms with van der Waals surface area (Å²) in [7, 11) is 1.66. The van der Waals surface area contributed by atoms with Crippen LogP contribution in [0, 0.1) is 0 Å². The fourth-order valence-electron chi connectivity index (χ4n) is 3.92. The van der Waals surface area contributed by atoms with Gasteiger partial charge in [0.05, 0.1) is 24.4 Å². The van der Waals surface area contributed by atoms with E-state index < -0.39 is 6.23 Å². The molecule has 3 aromatic rings. The Morgan fingerprint density at radius 1 is 1.07 bits per heavy atom. The number of nitrogens with zero attached hydrogens (tertiary/aromatic N) is 2. The van der Waals surface area contributed by atoms with Gasteiger partial charge in [0.25, 0.3) is 0 Å². The zero-order chi connectivity index (χ0) is 20.0. The van der Waals surface area contributed by atoms with Gasteiger partial charge in [0.15, 0.2) is 0 Å². The second kappa shape index (κ2) is 7.12. The van der Waals surface area contributed by atoms with Crippen molar-refractivity contribution in [2.75, 3.05) is 7.11 Å². The van der Waals surface area contributed by atoms with Crippen molar-refractivity contribution in [1.29, 1.82) is 0 Å². The molecule has 0 unspecified atom stereocenters. The third-order valence-corrected chi connectivity index (χ3v) is 5.87. The van der Waals surface area contributed by atoms with Crippen molar-refractivity contribution in [3.8, 4) is 17.2 Å². The summed E-state index contributed by atoms with van der Waals surface area (Å²) in [6.45, 7) is 0. The topological polar surface area (TPSA) is 54.3 Å². The van der Waals surface area contributed by atoms with E-state index in [-0.39, 0.29) is 11.8 Å². The number of hydrogen-bond donors (Lipinski definition) is 1. The first-order valence-corrected chi connectivity index (χ1v) is 10.2. The van der Waals surface area contributed by atoms with Gasteiger partial charge in [-0.2, -0.15) is 5.10 Å². The zero-order valence-electron chi connectivity index (χ0n) is 15.7. The number of halogens is 1. The minimum Gasteiger partial charge on any atom is -0.507 e. The van der Waals surface area contributed by atoms with E-state index in [0.29, 0.717) is 5.56 Å². The largest absolute Gasteiger partial charge is 0.507 e. The highest BCUT2D eigenvalue weighted by Crippen LogP contribution is 2.48. The summed E-state index contributed by atoms with van der Waals surface area (Å²) in [4.78, 5) is 0. The number of aromatic hydroxyl groups is 1. The monoisotopic (exact) mass is 450 g/mol. The van der Waals surface area contributed by atoms with Crippen LogP contribution in [0.25, 0.3) is 0 Å². The maximum atomic E-state index is 10.5. The van der Waals surface area contributed by atoms with Crippen LogP contribution in [0.1, 0.15) is 35.4 Å². The fourth-order valence-corrected chi connectivity index (χ4v) is 4.30. The maximum absolute atomic E-state index is 10.5. The Balaban J connectivity index is 1.59. The molecule has 0 fully saturated rings. The maximum Gasteiger partial charge on any atom is 0.217 e. The van der Waals surface area contributed by atoms with Gasteiger partial charge in [-0.25, -0.2) is 5.01 Å². The number of benzene rings is 3. The number of phenols is 1. The van der Waals surface area contributed by atoms with Crippen LogP contribution in [-0.2, 0) is 0 Å². The molecule has 2 aliphatic heterocycles. The van der Waals surface area contributed by atoms with Gasteiger partial charge in [-0.3, -0.25) is 0 Å². The molecule has 2 aliphatic rings. The number of ether oxygens (including phenoxy) is 2. The number of hydrogen-bond acceptors (Lipinski definition) is 5. The molecule has 29 heavy (non-hydrogen) atoms. The van der Waals surface area contributed by atoms with E-state index in [2.05, 4.69) is 22.0 Å². The molecule has 0 saturated heterocycles. The molecule has 0 spiro atoms. The standard InChI is InChI=1S/C23H19BrN2O3/c1-28-16-9-6-14(7-10-16)19-13-20-17-4-2-3-5-22(17)29-23(26(20)25-19)18-12-15(24)8-11-21(18)27/h2-12,20,23,27H,13H2,1H3/t20-,23+/m0/s1. The van der Waals surface area contributed by atoms with Crippen LogP contribution in [-0.4, -0.2) is 22.9 Å². The van der Waals surface area contributed by atoms with E-state index in [1.807, 2.05) is 59.6 Å². The minimum atomic E-state index is -0.511. The lowest BCUT2D eigenvalue weighted by atomic mass is 9.96. The van der Waals surface area contributed by atoms with Gasteiger partial charge in [-0.05, 0) is 54.1 Å². The summed E-state index contributed by atoms with van der Waals surface area (Å²) in [6, 6.07) is 21.4. The summed E-state index contributed by atoms with van der Waals surface area (Å²) in [5, 5.41) is 17.4. The SMILES string of the molecule is COc1ccc(C2=NN3[C@@H](c4cc(Br)ccc4O)Oc4ccccc4[C@@H]3C2)cc1. The molecule has 2 heterocycles. The normalized spacial score (nSPS) is 19.8.